The van der Waals surface area contributed by atoms with Crippen LogP contribution in [0.15, 0.2) is 16.8 Å². The lowest BCUT2D eigenvalue weighted by atomic mass is 10.1. The molecule has 2 aliphatic heterocycles. The predicted octanol–water partition coefficient (Wildman–Crippen LogP) is -0.0575. The van der Waals surface area contributed by atoms with Gasteiger partial charge in [0.25, 0.3) is 0 Å². The van der Waals surface area contributed by atoms with Gasteiger partial charge in [0, 0.05) is 26.7 Å². The number of hydrogen-bond donors (Lipinski definition) is 1. The number of thiophene rings is 1. The van der Waals surface area contributed by atoms with Crippen LogP contribution in [0.5, 0.6) is 0 Å². The van der Waals surface area contributed by atoms with Crippen LogP contribution in [0.1, 0.15) is 5.56 Å². The summed E-state index contributed by atoms with van der Waals surface area (Å²) in [5, 5.41) is 6.80. The zero-order valence-corrected chi connectivity index (χ0v) is 13.1. The fraction of sp³-hybridized carbons (Fsp3) is 0.500. The fourth-order valence-corrected chi connectivity index (χ4v) is 3.45. The number of nitrogens with one attached hydrogen (secondary N) is 1. The Hall–Kier alpha value is -2.09. The summed E-state index contributed by atoms with van der Waals surface area (Å²) >= 11 is 1.58. The van der Waals surface area contributed by atoms with E-state index >= 15 is 0 Å². The van der Waals surface area contributed by atoms with Crippen LogP contribution in [0.25, 0.3) is 0 Å². The number of piperazine rings is 2. The molecule has 2 fully saturated rings. The first-order valence-corrected chi connectivity index (χ1v) is 8.09. The molecule has 8 heteroatoms. The van der Waals surface area contributed by atoms with E-state index in [1.807, 2.05) is 16.8 Å². The van der Waals surface area contributed by atoms with Crippen molar-refractivity contribution in [1.29, 1.82) is 0 Å². The second-order valence-electron chi connectivity index (χ2n) is 5.53. The van der Waals surface area contributed by atoms with Crippen molar-refractivity contribution in [2.75, 3.05) is 33.2 Å². The zero-order chi connectivity index (χ0) is 15.7. The van der Waals surface area contributed by atoms with Gasteiger partial charge in [0.05, 0.1) is 13.1 Å². The van der Waals surface area contributed by atoms with Crippen LogP contribution in [0, 0.1) is 0 Å². The Morgan fingerprint density at radius 2 is 2.23 bits per heavy atom. The molecule has 118 valence electrons. The predicted molar refractivity (Wildman–Crippen MR) is 81.3 cm³/mol. The van der Waals surface area contributed by atoms with Crippen LogP contribution in [0.4, 0.5) is 4.79 Å². The van der Waals surface area contributed by atoms with Gasteiger partial charge in [0.1, 0.15) is 6.04 Å². The SMILES string of the molecule is CN1CC(=O)N2CCN(C(=O)NCc3ccsc3)CC2C1=O. The number of urea groups is 1. The highest BCUT2D eigenvalue weighted by Gasteiger charge is 2.42. The monoisotopic (exact) mass is 322 g/mol. The maximum absolute atomic E-state index is 12.2. The first-order valence-electron chi connectivity index (χ1n) is 7.14. The normalized spacial score (nSPS) is 21.9. The van der Waals surface area contributed by atoms with E-state index in [1.165, 1.54) is 4.90 Å². The van der Waals surface area contributed by atoms with E-state index in [9.17, 15) is 14.4 Å². The largest absolute Gasteiger partial charge is 0.335 e. The number of rotatable bonds is 2. The van der Waals surface area contributed by atoms with Gasteiger partial charge < -0.3 is 20.0 Å². The van der Waals surface area contributed by atoms with Gasteiger partial charge in [0.2, 0.25) is 11.8 Å². The molecule has 1 unspecified atom stereocenters. The molecule has 0 saturated carbocycles. The topological polar surface area (TPSA) is 73.0 Å². The van der Waals surface area contributed by atoms with Crippen molar-refractivity contribution >= 4 is 29.2 Å². The van der Waals surface area contributed by atoms with E-state index in [1.54, 1.807) is 28.2 Å². The lowest BCUT2D eigenvalue weighted by molar-refractivity contribution is -0.157. The zero-order valence-electron chi connectivity index (χ0n) is 12.3. The second-order valence-corrected chi connectivity index (χ2v) is 6.31. The van der Waals surface area contributed by atoms with Crippen LogP contribution in [0.2, 0.25) is 0 Å². The van der Waals surface area contributed by atoms with E-state index in [-0.39, 0.29) is 30.9 Å². The minimum absolute atomic E-state index is 0.0505. The molecule has 7 nitrogen and oxygen atoms in total. The van der Waals surface area contributed by atoms with Crippen molar-refractivity contribution in [1.82, 2.24) is 20.0 Å². The minimum Gasteiger partial charge on any atom is -0.335 e. The number of fused-ring (bicyclic) bond motifs is 1. The summed E-state index contributed by atoms with van der Waals surface area (Å²) in [5.41, 5.74) is 1.06. The molecule has 1 aromatic rings. The maximum Gasteiger partial charge on any atom is 0.317 e. The Morgan fingerprint density at radius 3 is 2.95 bits per heavy atom. The van der Waals surface area contributed by atoms with Crippen molar-refractivity contribution < 1.29 is 14.4 Å². The molecule has 1 atom stereocenters. The molecule has 3 heterocycles. The van der Waals surface area contributed by atoms with Gasteiger partial charge in [0.15, 0.2) is 0 Å². The molecular weight excluding hydrogens is 304 g/mol. The third-order valence-corrected chi connectivity index (χ3v) is 4.78. The number of carbonyl (C=O) groups is 3. The van der Waals surface area contributed by atoms with E-state index < -0.39 is 6.04 Å². The highest BCUT2D eigenvalue weighted by Crippen LogP contribution is 2.17. The number of nitrogens with zero attached hydrogens (tertiary/aromatic N) is 3. The molecule has 0 aliphatic carbocycles. The van der Waals surface area contributed by atoms with Crippen molar-refractivity contribution in [3.63, 3.8) is 0 Å². The molecule has 1 N–H and O–H groups in total. The van der Waals surface area contributed by atoms with Gasteiger partial charge in [-0.05, 0) is 22.4 Å². The molecule has 2 aliphatic rings. The number of amides is 4. The van der Waals surface area contributed by atoms with Crippen LogP contribution < -0.4 is 5.32 Å². The molecule has 0 radical (unpaired) electrons. The quantitative estimate of drug-likeness (QED) is 0.829. The summed E-state index contributed by atoms with van der Waals surface area (Å²) in [5.74, 6) is -0.152. The Bertz CT molecular complexity index is 589. The summed E-state index contributed by atoms with van der Waals surface area (Å²) < 4.78 is 0. The molecule has 22 heavy (non-hydrogen) atoms. The Morgan fingerprint density at radius 1 is 1.41 bits per heavy atom. The van der Waals surface area contributed by atoms with Crippen LogP contribution >= 0.6 is 11.3 Å². The van der Waals surface area contributed by atoms with E-state index in [0.717, 1.165) is 5.56 Å². The van der Waals surface area contributed by atoms with Gasteiger partial charge in [-0.2, -0.15) is 11.3 Å². The molecule has 0 spiro atoms. The van der Waals surface area contributed by atoms with Gasteiger partial charge in [-0.15, -0.1) is 0 Å². The smallest absolute Gasteiger partial charge is 0.317 e. The highest BCUT2D eigenvalue weighted by atomic mass is 32.1. The molecule has 0 bridgehead atoms. The Labute approximate surface area is 132 Å². The summed E-state index contributed by atoms with van der Waals surface area (Å²) in [6, 6.07) is 1.22. The number of carbonyl (C=O) groups excluding carboxylic acids is 3. The first kappa shape index (κ1) is 14.8. The fourth-order valence-electron chi connectivity index (χ4n) is 2.79. The molecule has 4 amide bonds. The van der Waals surface area contributed by atoms with Crippen LogP contribution in [0.3, 0.4) is 0 Å². The van der Waals surface area contributed by atoms with Crippen molar-refractivity contribution in [3.8, 4) is 0 Å². The molecular formula is C14H18N4O3S. The average molecular weight is 322 g/mol. The number of hydrogen-bond acceptors (Lipinski definition) is 4. The second kappa shape index (κ2) is 5.96. The first-order chi connectivity index (χ1) is 10.6. The highest BCUT2D eigenvalue weighted by molar-refractivity contribution is 7.07. The maximum atomic E-state index is 12.2. The standard InChI is InChI=1S/C14H18N4O3S/c1-16-8-12(19)18-4-3-17(7-11(18)13(16)20)14(21)15-6-10-2-5-22-9-10/h2,5,9,11H,3-4,6-8H2,1H3,(H,15,21). The summed E-state index contributed by atoms with van der Waals surface area (Å²) in [7, 11) is 1.62. The summed E-state index contributed by atoms with van der Waals surface area (Å²) in [6.07, 6.45) is 0. The van der Waals surface area contributed by atoms with Crippen molar-refractivity contribution in [3.05, 3.63) is 22.4 Å². The molecule has 2 saturated heterocycles. The number of likely N-dealkylation sites (N-methyl/N-ethyl adjacent to an activating group) is 1. The van der Waals surface area contributed by atoms with Gasteiger partial charge >= 0.3 is 6.03 Å². The Kier molecular flexibility index (Phi) is 4.02. The summed E-state index contributed by atoms with van der Waals surface area (Å²) in [4.78, 5) is 41.0. The third kappa shape index (κ3) is 2.78. The van der Waals surface area contributed by atoms with Gasteiger partial charge in [-0.1, -0.05) is 0 Å². The summed E-state index contributed by atoms with van der Waals surface area (Å²) in [6.45, 7) is 1.72. The third-order valence-electron chi connectivity index (χ3n) is 4.05. The lowest BCUT2D eigenvalue weighted by Gasteiger charge is -2.45. The van der Waals surface area contributed by atoms with Gasteiger partial charge in [-0.25, -0.2) is 4.79 Å². The van der Waals surface area contributed by atoms with Crippen molar-refractivity contribution in [2.45, 2.75) is 12.6 Å². The molecule has 1 aromatic heterocycles. The van der Waals surface area contributed by atoms with Crippen LogP contribution in [-0.2, 0) is 16.1 Å². The van der Waals surface area contributed by atoms with Crippen molar-refractivity contribution in [2.24, 2.45) is 0 Å². The van der Waals surface area contributed by atoms with E-state index in [0.29, 0.717) is 19.6 Å². The molecule has 3 rings (SSSR count). The van der Waals surface area contributed by atoms with E-state index in [2.05, 4.69) is 5.32 Å². The lowest BCUT2D eigenvalue weighted by Crippen LogP contribution is -2.67. The van der Waals surface area contributed by atoms with E-state index in [4.69, 9.17) is 0 Å². The Balaban J connectivity index is 1.61. The minimum atomic E-state index is -0.549. The van der Waals surface area contributed by atoms with Gasteiger partial charge in [-0.3, -0.25) is 9.59 Å². The average Bonchev–Trinajstić information content (AvgIpc) is 3.03. The molecule has 0 aromatic carbocycles. The van der Waals surface area contributed by atoms with Crippen LogP contribution in [-0.4, -0.2) is 71.8 Å².